The van der Waals surface area contributed by atoms with E-state index >= 15 is 0 Å². The van der Waals surface area contributed by atoms with Crippen molar-refractivity contribution in [1.29, 1.82) is 0 Å². The van der Waals surface area contributed by atoms with E-state index < -0.39 is 0 Å². The Morgan fingerprint density at radius 3 is 1.88 bits per heavy atom. The van der Waals surface area contributed by atoms with Crippen molar-refractivity contribution >= 4 is 132 Å². The molecule has 0 N–H and O–H groups in total. The van der Waals surface area contributed by atoms with Crippen molar-refractivity contribution in [3.8, 4) is 16.1 Å². The van der Waals surface area contributed by atoms with Crippen LogP contribution in [0.2, 0.25) is 0 Å². The summed E-state index contributed by atoms with van der Waals surface area (Å²) in [6, 6.07) is 55.2. The quantitative estimate of drug-likeness (QED) is 0.164. The van der Waals surface area contributed by atoms with Gasteiger partial charge in [-0.2, -0.15) is 0 Å². The normalized spacial score (nSPS) is 20.2. The summed E-state index contributed by atoms with van der Waals surface area (Å²) in [6.45, 7) is 0. The average molecular weight is 841 g/mol. The van der Waals surface area contributed by atoms with Crippen LogP contribution in [0.3, 0.4) is 0 Å². The van der Waals surface area contributed by atoms with Crippen LogP contribution in [0.1, 0.15) is 5.56 Å². The summed E-state index contributed by atoms with van der Waals surface area (Å²) in [5.74, 6) is 0. The van der Waals surface area contributed by atoms with Gasteiger partial charge in [0.05, 0.1) is 65.6 Å². The number of hydrogen-bond donors (Lipinski definition) is 0. The summed E-state index contributed by atoms with van der Waals surface area (Å²) in [4.78, 5) is 5.39. The van der Waals surface area contributed by atoms with E-state index in [0.29, 0.717) is 22.6 Å². The number of hydrogen-bond acceptors (Lipinski definition) is 5. The third-order valence-corrected chi connectivity index (χ3v) is 18.5. The van der Waals surface area contributed by atoms with Gasteiger partial charge in [0, 0.05) is 58.8 Å². The van der Waals surface area contributed by atoms with Gasteiger partial charge in [0.2, 0.25) is 0 Å². The zero-order chi connectivity index (χ0) is 38.8. The summed E-state index contributed by atoms with van der Waals surface area (Å²) in [5.41, 5.74) is 15.3. The van der Waals surface area contributed by atoms with Gasteiger partial charge in [-0.1, -0.05) is 91.0 Å². The Bertz CT molecular complexity index is 3820. The van der Waals surface area contributed by atoms with E-state index in [1.807, 2.05) is 34.4 Å². The molecular formula is C52H32N4S4. The van der Waals surface area contributed by atoms with Crippen molar-refractivity contribution in [3.63, 3.8) is 0 Å². The van der Waals surface area contributed by atoms with Crippen LogP contribution in [0, 0.1) is 0 Å². The van der Waals surface area contributed by atoms with Crippen molar-refractivity contribution in [3.05, 3.63) is 174 Å². The summed E-state index contributed by atoms with van der Waals surface area (Å²) in [6.07, 6.45) is 5.03. The first-order valence-electron chi connectivity index (χ1n) is 20.5. The van der Waals surface area contributed by atoms with Gasteiger partial charge < -0.3 is 18.3 Å². The predicted molar refractivity (Wildman–Crippen MR) is 261 cm³/mol. The fraction of sp³-hybridized carbons (Fsp3) is 0.0769. The molecule has 4 unspecified atom stereocenters. The van der Waals surface area contributed by atoms with Crippen molar-refractivity contribution in [2.24, 2.45) is 0 Å². The molecule has 1 saturated heterocycles. The van der Waals surface area contributed by atoms with Crippen molar-refractivity contribution in [1.82, 2.24) is 13.4 Å². The second-order valence-corrected chi connectivity index (χ2v) is 20.6. The molecule has 6 aromatic carbocycles. The zero-order valence-electron chi connectivity index (χ0n) is 31.9. The molecule has 15 rings (SSSR count). The molecule has 60 heavy (non-hydrogen) atoms. The lowest BCUT2D eigenvalue weighted by atomic mass is 10.0. The fourth-order valence-electron chi connectivity index (χ4n) is 11.1. The number of thioether (sulfide) groups is 2. The second kappa shape index (κ2) is 11.9. The SMILES string of the molecule is C1=CC2C(S1)C1SC(c3ccc4c5c3c3ccccc3n5c3ccc(-c5cc6c(s5)c5sccc5n6-c5ccccc5)c5c6ccccc6n4c53)=CC1N2c1ccccc1. The van der Waals surface area contributed by atoms with Crippen molar-refractivity contribution in [2.45, 2.75) is 22.6 Å². The first-order valence-corrected chi connectivity index (χ1v) is 24.1. The van der Waals surface area contributed by atoms with Crippen LogP contribution in [0.15, 0.2) is 169 Å². The molecule has 0 aliphatic carbocycles. The predicted octanol–water partition coefficient (Wildman–Crippen LogP) is 14.5. The molecule has 12 aromatic rings. The van der Waals surface area contributed by atoms with Gasteiger partial charge in [-0.3, -0.25) is 0 Å². The molecule has 6 aromatic heterocycles. The van der Waals surface area contributed by atoms with Crippen LogP contribution in [-0.2, 0) is 0 Å². The lowest BCUT2D eigenvalue weighted by Crippen LogP contribution is -2.35. The molecule has 4 atom stereocenters. The molecule has 9 heterocycles. The highest BCUT2D eigenvalue weighted by Crippen LogP contribution is 2.56. The van der Waals surface area contributed by atoms with Crippen LogP contribution < -0.4 is 4.90 Å². The Kier molecular flexibility index (Phi) is 6.52. The number of benzene rings is 6. The van der Waals surface area contributed by atoms with Gasteiger partial charge in [0.25, 0.3) is 0 Å². The van der Waals surface area contributed by atoms with Crippen LogP contribution in [0.25, 0.3) is 96.1 Å². The van der Waals surface area contributed by atoms with E-state index in [-0.39, 0.29) is 0 Å². The highest BCUT2D eigenvalue weighted by atomic mass is 32.2. The Balaban J connectivity index is 0.992. The number of thiophene rings is 2. The Hall–Kier alpha value is -5.90. The third kappa shape index (κ3) is 4.10. The third-order valence-electron chi connectivity index (χ3n) is 13.5. The Morgan fingerprint density at radius 1 is 0.500 bits per heavy atom. The molecule has 0 saturated carbocycles. The molecule has 1 fully saturated rings. The van der Waals surface area contributed by atoms with Crippen molar-refractivity contribution in [2.75, 3.05) is 4.90 Å². The maximum absolute atomic E-state index is 2.68. The minimum absolute atomic E-state index is 0.341. The van der Waals surface area contributed by atoms with Crippen LogP contribution in [0.5, 0.6) is 0 Å². The number of aromatic nitrogens is 3. The largest absolute Gasteiger partial charge is 0.356 e. The molecule has 0 amide bonds. The standard InChI is InChI=1S/C52H32N4S4/c1-3-11-29(12-4-1)53-39-23-25-57-49(39)51-41(53)27-43(59-51)33-19-21-37-47-45(33)31-15-7-9-17-35(31)55(47)38-22-20-34(46-32-16-8-10-18-36(32)56(37)48(38)46)44-28-42-52(60-44)50-40(24-26-58-50)54(42)30-13-5-2-6-14-30/h1-28,39,41,49,51H. The van der Waals surface area contributed by atoms with E-state index in [9.17, 15) is 0 Å². The maximum Gasteiger partial charge on any atom is 0.0789 e. The molecular weight excluding hydrogens is 809 g/mol. The minimum Gasteiger partial charge on any atom is -0.356 e. The van der Waals surface area contributed by atoms with E-state index in [2.05, 4.69) is 199 Å². The van der Waals surface area contributed by atoms with Gasteiger partial charge in [-0.15, -0.1) is 46.2 Å². The van der Waals surface area contributed by atoms with Gasteiger partial charge in [-0.05, 0) is 83.1 Å². The molecule has 0 radical (unpaired) electrons. The molecule has 284 valence electrons. The van der Waals surface area contributed by atoms with Crippen LogP contribution >= 0.6 is 46.2 Å². The van der Waals surface area contributed by atoms with E-state index in [1.165, 1.54) is 107 Å². The molecule has 8 heteroatoms. The molecule has 3 aliphatic rings. The van der Waals surface area contributed by atoms with Crippen LogP contribution in [-0.4, -0.2) is 36.0 Å². The summed E-state index contributed by atoms with van der Waals surface area (Å²) < 4.78 is 10.3. The maximum atomic E-state index is 2.68. The topological polar surface area (TPSA) is 17.0 Å². The lowest BCUT2D eigenvalue weighted by Gasteiger charge is -2.29. The Labute approximate surface area is 360 Å². The monoisotopic (exact) mass is 840 g/mol. The minimum atomic E-state index is 0.341. The highest BCUT2D eigenvalue weighted by molar-refractivity contribution is 8.11. The molecule has 4 nitrogen and oxygen atoms in total. The van der Waals surface area contributed by atoms with E-state index in [4.69, 9.17) is 0 Å². The Morgan fingerprint density at radius 2 is 1.15 bits per heavy atom. The number of para-hydroxylation sites is 4. The fourth-order valence-corrected chi connectivity index (χ4v) is 16.3. The molecule has 3 aliphatic heterocycles. The molecule has 0 spiro atoms. The highest BCUT2D eigenvalue weighted by Gasteiger charge is 2.52. The van der Waals surface area contributed by atoms with Crippen LogP contribution in [0.4, 0.5) is 5.69 Å². The number of fused-ring (bicyclic) bond motifs is 14. The summed E-state index contributed by atoms with van der Waals surface area (Å²) in [5, 5.41) is 10.9. The zero-order valence-corrected chi connectivity index (χ0v) is 35.2. The van der Waals surface area contributed by atoms with Gasteiger partial charge in [0.1, 0.15) is 0 Å². The first-order chi connectivity index (χ1) is 29.8. The first kappa shape index (κ1) is 32.9. The van der Waals surface area contributed by atoms with Gasteiger partial charge >= 0.3 is 0 Å². The summed E-state index contributed by atoms with van der Waals surface area (Å²) >= 11 is 7.90. The number of rotatable bonds is 4. The van der Waals surface area contributed by atoms with E-state index in [1.54, 1.807) is 0 Å². The number of anilines is 1. The summed E-state index contributed by atoms with van der Waals surface area (Å²) in [7, 11) is 0. The smallest absolute Gasteiger partial charge is 0.0789 e. The second-order valence-electron chi connectivity index (χ2n) is 16.3. The number of nitrogens with zero attached hydrogens (tertiary/aromatic N) is 4. The van der Waals surface area contributed by atoms with E-state index in [0.717, 1.165) is 0 Å². The van der Waals surface area contributed by atoms with Crippen molar-refractivity contribution < 1.29 is 0 Å². The average Bonchev–Trinajstić information content (AvgIpc) is 4.16. The lowest BCUT2D eigenvalue weighted by molar-refractivity contribution is 0.787. The molecule has 0 bridgehead atoms. The van der Waals surface area contributed by atoms with Gasteiger partial charge in [-0.25, -0.2) is 0 Å². The van der Waals surface area contributed by atoms with Gasteiger partial charge in [0.15, 0.2) is 0 Å².